The van der Waals surface area contributed by atoms with Gasteiger partial charge in [0.1, 0.15) is 12.7 Å². The second-order valence-corrected chi connectivity index (χ2v) is 6.83. The van der Waals surface area contributed by atoms with Crippen molar-refractivity contribution in [2.45, 2.75) is 12.5 Å². The number of aliphatic hydroxyl groups is 1. The van der Waals surface area contributed by atoms with Crippen LogP contribution < -0.4 is 4.90 Å². The fraction of sp³-hybridized carbons (Fsp3) is 0.583. The van der Waals surface area contributed by atoms with E-state index in [0.29, 0.717) is 23.4 Å². The van der Waals surface area contributed by atoms with E-state index in [2.05, 4.69) is 15.0 Å². The summed E-state index contributed by atoms with van der Waals surface area (Å²) in [7, 11) is -0.544. The van der Waals surface area contributed by atoms with Crippen molar-refractivity contribution in [3.63, 3.8) is 0 Å². The van der Waals surface area contributed by atoms with Gasteiger partial charge in [-0.25, -0.2) is 15.0 Å². The molecule has 0 aliphatic carbocycles. The number of imidazole rings is 1. The molecule has 0 spiro atoms. The maximum Gasteiger partial charge on any atom is 0.350 e. The molecule has 10 nitrogen and oxygen atoms in total. The van der Waals surface area contributed by atoms with Gasteiger partial charge in [-0.3, -0.25) is 4.57 Å². The number of rotatable bonds is 8. The van der Waals surface area contributed by atoms with E-state index in [1.165, 1.54) is 6.33 Å². The van der Waals surface area contributed by atoms with Crippen molar-refractivity contribution in [3.05, 3.63) is 12.7 Å². The fourth-order valence-electron chi connectivity index (χ4n) is 2.19. The van der Waals surface area contributed by atoms with Crippen LogP contribution >= 0.6 is 7.60 Å². The first-order chi connectivity index (χ1) is 10.8. The minimum Gasteiger partial charge on any atom is -0.396 e. The molecule has 128 valence electrons. The molecule has 11 heteroatoms. The Labute approximate surface area is 132 Å². The first-order valence-corrected chi connectivity index (χ1v) is 8.71. The van der Waals surface area contributed by atoms with E-state index >= 15 is 0 Å². The summed E-state index contributed by atoms with van der Waals surface area (Å²) >= 11 is 0. The predicted molar refractivity (Wildman–Crippen MR) is 83.3 cm³/mol. The minimum absolute atomic E-state index is 0.0262. The van der Waals surface area contributed by atoms with Gasteiger partial charge in [0.05, 0.1) is 19.0 Å². The Kier molecular flexibility index (Phi) is 5.66. The minimum atomic E-state index is -4.23. The van der Waals surface area contributed by atoms with Gasteiger partial charge in [-0.1, -0.05) is 0 Å². The van der Waals surface area contributed by atoms with E-state index in [0.717, 1.165) is 0 Å². The topological polar surface area (TPSA) is 134 Å². The molecule has 0 amide bonds. The number of anilines is 1. The molecule has 2 aromatic heterocycles. The number of nitrogens with zero attached hydrogens (tertiary/aromatic N) is 5. The molecule has 23 heavy (non-hydrogen) atoms. The molecular weight excluding hydrogens is 325 g/mol. The van der Waals surface area contributed by atoms with Crippen LogP contribution in [0.5, 0.6) is 0 Å². The highest BCUT2D eigenvalue weighted by atomic mass is 31.2. The van der Waals surface area contributed by atoms with Gasteiger partial charge >= 0.3 is 7.60 Å². The predicted octanol–water partition coefficient (Wildman–Crippen LogP) is -0.0324. The van der Waals surface area contributed by atoms with Crippen LogP contribution in [-0.2, 0) is 9.30 Å². The third-order valence-electron chi connectivity index (χ3n) is 3.19. The lowest BCUT2D eigenvalue weighted by atomic mass is 10.2. The van der Waals surface area contributed by atoms with Crippen LogP contribution in [0.25, 0.3) is 11.2 Å². The fourth-order valence-corrected chi connectivity index (χ4v) is 2.54. The number of aromatic nitrogens is 4. The van der Waals surface area contributed by atoms with Crippen LogP contribution in [0.15, 0.2) is 12.7 Å². The molecule has 0 aliphatic rings. The normalized spacial score (nSPS) is 13.4. The molecule has 0 aromatic carbocycles. The summed E-state index contributed by atoms with van der Waals surface area (Å²) in [4.78, 5) is 32.2. The highest BCUT2D eigenvalue weighted by Gasteiger charge is 2.20. The largest absolute Gasteiger partial charge is 0.396 e. The molecule has 0 saturated carbocycles. The van der Waals surface area contributed by atoms with E-state index in [9.17, 15) is 9.67 Å². The molecule has 0 bridgehead atoms. The van der Waals surface area contributed by atoms with Gasteiger partial charge in [0.2, 0.25) is 0 Å². The van der Waals surface area contributed by atoms with Crippen molar-refractivity contribution in [1.82, 2.24) is 19.5 Å². The van der Waals surface area contributed by atoms with Crippen molar-refractivity contribution >= 4 is 24.6 Å². The number of hydrogen-bond acceptors (Lipinski definition) is 7. The molecule has 1 atom stereocenters. The lowest BCUT2D eigenvalue weighted by Crippen LogP contribution is -2.18. The summed E-state index contributed by atoms with van der Waals surface area (Å²) in [5.74, 6) is 0.660. The summed E-state index contributed by atoms with van der Waals surface area (Å²) in [6.45, 7) is -0.0757. The standard InChI is InChI=1S/C12H20N5O5P/c1-16(2)11-10-12(14-6-13-11)17(7-15-10)9(3-4-18)5-22-8-23(19,20)21/h6-7,9,18H,3-5,8H2,1-2H3,(H2,19,20,21). The summed E-state index contributed by atoms with van der Waals surface area (Å²) in [5.41, 5.74) is 1.18. The van der Waals surface area contributed by atoms with E-state index in [1.807, 2.05) is 19.0 Å². The Balaban J connectivity index is 2.27. The van der Waals surface area contributed by atoms with E-state index < -0.39 is 13.9 Å². The second-order valence-electron chi connectivity index (χ2n) is 5.25. The lowest BCUT2D eigenvalue weighted by Gasteiger charge is -2.18. The van der Waals surface area contributed by atoms with Crippen LogP contribution in [0.2, 0.25) is 0 Å². The van der Waals surface area contributed by atoms with Gasteiger partial charge in [-0.05, 0) is 6.42 Å². The highest BCUT2D eigenvalue weighted by Crippen LogP contribution is 2.34. The average Bonchev–Trinajstić information content (AvgIpc) is 2.88. The van der Waals surface area contributed by atoms with Gasteiger partial charge in [-0.2, -0.15) is 0 Å². The molecular formula is C12H20N5O5P. The van der Waals surface area contributed by atoms with Gasteiger partial charge in [0.25, 0.3) is 0 Å². The van der Waals surface area contributed by atoms with Crippen LogP contribution in [0.4, 0.5) is 5.82 Å². The van der Waals surface area contributed by atoms with Crippen molar-refractivity contribution in [2.75, 3.05) is 38.6 Å². The summed E-state index contributed by atoms with van der Waals surface area (Å²) in [5, 5.41) is 9.23. The Morgan fingerprint density at radius 3 is 2.70 bits per heavy atom. The Bertz CT molecular complexity index is 700. The SMILES string of the molecule is CN(C)c1ncnc2c1ncn2C(CCO)COCP(=O)(O)O. The van der Waals surface area contributed by atoms with E-state index in [1.54, 1.807) is 10.9 Å². The highest BCUT2D eigenvalue weighted by molar-refractivity contribution is 7.51. The molecule has 0 saturated heterocycles. The molecule has 3 N–H and O–H groups in total. The van der Waals surface area contributed by atoms with Gasteiger partial charge in [0, 0.05) is 20.7 Å². The number of fused-ring (bicyclic) bond motifs is 1. The monoisotopic (exact) mass is 345 g/mol. The maximum absolute atomic E-state index is 10.9. The van der Waals surface area contributed by atoms with Crippen molar-refractivity contribution < 1.29 is 24.2 Å². The number of aliphatic hydroxyl groups excluding tert-OH is 1. The first kappa shape index (κ1) is 17.8. The Hall–Kier alpha value is -1.58. The van der Waals surface area contributed by atoms with Crippen LogP contribution in [-0.4, -0.2) is 68.1 Å². The van der Waals surface area contributed by atoms with Gasteiger partial charge in [-0.15, -0.1) is 0 Å². The quantitative estimate of drug-likeness (QED) is 0.564. The zero-order valence-electron chi connectivity index (χ0n) is 12.9. The number of ether oxygens (including phenoxy) is 1. The molecule has 2 rings (SSSR count). The number of hydrogen-bond donors (Lipinski definition) is 3. The summed E-state index contributed by atoms with van der Waals surface area (Å²) in [6, 6.07) is -0.346. The third kappa shape index (κ3) is 4.46. The first-order valence-electron chi connectivity index (χ1n) is 6.91. The van der Waals surface area contributed by atoms with Gasteiger partial charge < -0.3 is 29.1 Å². The van der Waals surface area contributed by atoms with E-state index in [4.69, 9.17) is 14.5 Å². The molecule has 0 fully saturated rings. The Morgan fingerprint density at radius 1 is 1.35 bits per heavy atom. The van der Waals surface area contributed by atoms with Crippen LogP contribution in [0.3, 0.4) is 0 Å². The third-order valence-corrected chi connectivity index (χ3v) is 3.71. The molecule has 0 radical (unpaired) electrons. The van der Waals surface area contributed by atoms with Crippen molar-refractivity contribution in [3.8, 4) is 0 Å². The zero-order valence-corrected chi connectivity index (χ0v) is 13.8. The summed E-state index contributed by atoms with van der Waals surface area (Å²) in [6.07, 6.45) is 2.66. The molecule has 2 heterocycles. The average molecular weight is 345 g/mol. The maximum atomic E-state index is 10.9. The lowest BCUT2D eigenvalue weighted by molar-refractivity contribution is 0.112. The smallest absolute Gasteiger partial charge is 0.350 e. The van der Waals surface area contributed by atoms with Crippen molar-refractivity contribution in [2.24, 2.45) is 0 Å². The van der Waals surface area contributed by atoms with E-state index in [-0.39, 0.29) is 19.3 Å². The van der Waals surface area contributed by atoms with Crippen molar-refractivity contribution in [1.29, 1.82) is 0 Å². The summed E-state index contributed by atoms with van der Waals surface area (Å²) < 4.78 is 17.7. The zero-order chi connectivity index (χ0) is 17.0. The second kappa shape index (κ2) is 7.33. The molecule has 1 unspecified atom stereocenters. The van der Waals surface area contributed by atoms with Crippen LogP contribution in [0.1, 0.15) is 12.5 Å². The molecule has 0 aliphatic heterocycles. The molecule has 2 aromatic rings. The van der Waals surface area contributed by atoms with Gasteiger partial charge in [0.15, 0.2) is 17.0 Å². The van der Waals surface area contributed by atoms with Crippen LogP contribution in [0, 0.1) is 0 Å². The Morgan fingerprint density at radius 2 is 2.09 bits per heavy atom.